The SMILES string of the molecule is COc1cccc(NC(=O)N2CCN(C(c3ccccc3)c3ccc(Cl)cc3)CC2)c1. The fourth-order valence-electron chi connectivity index (χ4n) is 3.98. The van der Waals surface area contributed by atoms with E-state index in [1.165, 1.54) is 11.1 Å². The lowest BCUT2D eigenvalue weighted by molar-refractivity contribution is 0.126. The number of rotatable bonds is 5. The summed E-state index contributed by atoms with van der Waals surface area (Å²) in [7, 11) is 1.62. The van der Waals surface area contributed by atoms with E-state index in [9.17, 15) is 4.79 Å². The fraction of sp³-hybridized carbons (Fsp3) is 0.240. The van der Waals surface area contributed by atoms with Crippen LogP contribution in [0.2, 0.25) is 5.02 Å². The maximum Gasteiger partial charge on any atom is 0.321 e. The predicted molar refractivity (Wildman–Crippen MR) is 125 cm³/mol. The topological polar surface area (TPSA) is 44.8 Å². The molecule has 6 heteroatoms. The summed E-state index contributed by atoms with van der Waals surface area (Å²) in [5.74, 6) is 0.719. The Labute approximate surface area is 188 Å². The van der Waals surface area contributed by atoms with E-state index in [0.717, 1.165) is 29.5 Å². The largest absolute Gasteiger partial charge is 0.497 e. The second-order valence-corrected chi connectivity index (χ2v) is 7.99. The molecule has 0 aliphatic carbocycles. The molecule has 0 radical (unpaired) electrons. The van der Waals surface area contributed by atoms with Crippen molar-refractivity contribution >= 4 is 23.3 Å². The second kappa shape index (κ2) is 9.86. The minimum absolute atomic E-state index is 0.0874. The van der Waals surface area contributed by atoms with Crippen LogP contribution in [0.15, 0.2) is 78.9 Å². The van der Waals surface area contributed by atoms with E-state index in [1.807, 2.05) is 47.4 Å². The fourth-order valence-corrected chi connectivity index (χ4v) is 4.11. The van der Waals surface area contributed by atoms with Crippen molar-refractivity contribution in [2.45, 2.75) is 6.04 Å². The minimum atomic E-state index is -0.0874. The van der Waals surface area contributed by atoms with Crippen molar-refractivity contribution < 1.29 is 9.53 Å². The number of carbonyl (C=O) groups excluding carboxylic acids is 1. The predicted octanol–water partition coefficient (Wildman–Crippen LogP) is 5.29. The lowest BCUT2D eigenvalue weighted by atomic mass is 9.96. The summed E-state index contributed by atoms with van der Waals surface area (Å²) in [6.45, 7) is 2.89. The van der Waals surface area contributed by atoms with Crippen molar-refractivity contribution in [2.24, 2.45) is 0 Å². The summed E-state index contributed by atoms with van der Waals surface area (Å²) in [5.41, 5.74) is 3.17. The molecular formula is C25H26ClN3O2. The lowest BCUT2D eigenvalue weighted by Gasteiger charge is -2.39. The molecule has 1 fully saturated rings. The first-order chi connectivity index (χ1) is 15.1. The van der Waals surface area contributed by atoms with Gasteiger partial charge in [0.1, 0.15) is 5.75 Å². The average Bonchev–Trinajstić information content (AvgIpc) is 2.82. The number of piperazine rings is 1. The number of anilines is 1. The molecule has 0 spiro atoms. The average molecular weight is 436 g/mol. The molecule has 1 N–H and O–H groups in total. The van der Waals surface area contributed by atoms with Gasteiger partial charge in [0.2, 0.25) is 0 Å². The van der Waals surface area contributed by atoms with Crippen LogP contribution in [-0.2, 0) is 0 Å². The number of nitrogens with zero attached hydrogens (tertiary/aromatic N) is 2. The van der Waals surface area contributed by atoms with Gasteiger partial charge < -0.3 is 15.0 Å². The number of hydrogen-bond donors (Lipinski definition) is 1. The summed E-state index contributed by atoms with van der Waals surface area (Å²) >= 11 is 6.12. The van der Waals surface area contributed by atoms with Crippen molar-refractivity contribution in [1.29, 1.82) is 0 Å². The van der Waals surface area contributed by atoms with Gasteiger partial charge in [-0.15, -0.1) is 0 Å². The Morgan fingerprint density at radius 1 is 0.903 bits per heavy atom. The highest BCUT2D eigenvalue weighted by molar-refractivity contribution is 6.30. The van der Waals surface area contributed by atoms with Crippen molar-refractivity contribution in [2.75, 3.05) is 38.6 Å². The molecule has 1 aliphatic heterocycles. The minimum Gasteiger partial charge on any atom is -0.497 e. The first kappa shape index (κ1) is 21.2. The third kappa shape index (κ3) is 5.19. The first-order valence-electron chi connectivity index (χ1n) is 10.4. The van der Waals surface area contributed by atoms with Gasteiger partial charge in [-0.1, -0.05) is 60.1 Å². The van der Waals surface area contributed by atoms with Crippen LogP contribution in [0.5, 0.6) is 5.75 Å². The van der Waals surface area contributed by atoms with E-state index in [2.05, 4.69) is 46.6 Å². The van der Waals surface area contributed by atoms with Crippen molar-refractivity contribution in [3.63, 3.8) is 0 Å². The van der Waals surface area contributed by atoms with Crippen molar-refractivity contribution in [3.8, 4) is 5.75 Å². The Hall–Kier alpha value is -3.02. The zero-order valence-electron chi connectivity index (χ0n) is 17.5. The molecule has 0 bridgehead atoms. The summed E-state index contributed by atoms with van der Waals surface area (Å²) in [6, 6.07) is 26.0. The summed E-state index contributed by atoms with van der Waals surface area (Å²) in [5, 5.41) is 3.70. The molecule has 1 saturated heterocycles. The van der Waals surface area contributed by atoms with Gasteiger partial charge in [-0.05, 0) is 35.4 Å². The Morgan fingerprint density at radius 3 is 2.26 bits per heavy atom. The standard InChI is InChI=1S/C25H26ClN3O2/c1-31-23-9-5-8-22(18-23)27-25(30)29-16-14-28(15-17-29)24(19-6-3-2-4-7-19)20-10-12-21(26)13-11-20/h2-13,18,24H,14-17H2,1H3,(H,27,30). The molecule has 4 rings (SSSR count). The van der Waals surface area contributed by atoms with Gasteiger partial charge in [0, 0.05) is 43.0 Å². The van der Waals surface area contributed by atoms with Gasteiger partial charge in [0.25, 0.3) is 0 Å². The van der Waals surface area contributed by atoms with Crippen LogP contribution >= 0.6 is 11.6 Å². The highest BCUT2D eigenvalue weighted by atomic mass is 35.5. The lowest BCUT2D eigenvalue weighted by Crippen LogP contribution is -2.51. The van der Waals surface area contributed by atoms with Gasteiger partial charge in [0.15, 0.2) is 0 Å². The molecule has 160 valence electrons. The van der Waals surface area contributed by atoms with Gasteiger partial charge in [-0.3, -0.25) is 4.90 Å². The highest BCUT2D eigenvalue weighted by Crippen LogP contribution is 2.30. The van der Waals surface area contributed by atoms with Gasteiger partial charge in [-0.25, -0.2) is 4.79 Å². The van der Waals surface area contributed by atoms with Crippen LogP contribution in [0, 0.1) is 0 Å². The van der Waals surface area contributed by atoms with Crippen LogP contribution < -0.4 is 10.1 Å². The Bertz CT molecular complexity index is 1000. The van der Waals surface area contributed by atoms with Crippen LogP contribution in [-0.4, -0.2) is 49.1 Å². The number of nitrogens with one attached hydrogen (secondary N) is 1. The Morgan fingerprint density at radius 2 is 1.58 bits per heavy atom. The maximum absolute atomic E-state index is 12.8. The van der Waals surface area contributed by atoms with E-state index in [1.54, 1.807) is 7.11 Å². The van der Waals surface area contributed by atoms with E-state index >= 15 is 0 Å². The molecule has 0 aromatic heterocycles. The quantitative estimate of drug-likeness (QED) is 0.592. The van der Waals surface area contributed by atoms with E-state index in [4.69, 9.17) is 16.3 Å². The van der Waals surface area contributed by atoms with E-state index in [-0.39, 0.29) is 12.1 Å². The van der Waals surface area contributed by atoms with E-state index < -0.39 is 0 Å². The molecule has 1 atom stereocenters. The molecule has 1 heterocycles. The summed E-state index contributed by atoms with van der Waals surface area (Å²) < 4.78 is 5.23. The van der Waals surface area contributed by atoms with Gasteiger partial charge >= 0.3 is 6.03 Å². The second-order valence-electron chi connectivity index (χ2n) is 7.55. The molecule has 3 aromatic rings. The van der Waals surface area contributed by atoms with Crippen molar-refractivity contribution in [1.82, 2.24) is 9.80 Å². The number of benzene rings is 3. The number of urea groups is 1. The molecule has 5 nitrogen and oxygen atoms in total. The molecule has 2 amide bonds. The van der Waals surface area contributed by atoms with Crippen LogP contribution in [0.4, 0.5) is 10.5 Å². The monoisotopic (exact) mass is 435 g/mol. The number of ether oxygens (including phenoxy) is 1. The number of carbonyl (C=O) groups is 1. The van der Waals surface area contributed by atoms with Gasteiger partial charge in [-0.2, -0.15) is 0 Å². The molecule has 1 unspecified atom stereocenters. The highest BCUT2D eigenvalue weighted by Gasteiger charge is 2.28. The van der Waals surface area contributed by atoms with Gasteiger partial charge in [0.05, 0.1) is 13.2 Å². The molecule has 1 aliphatic rings. The van der Waals surface area contributed by atoms with Crippen molar-refractivity contribution in [3.05, 3.63) is 95.0 Å². The summed E-state index contributed by atoms with van der Waals surface area (Å²) in [6.07, 6.45) is 0. The molecule has 31 heavy (non-hydrogen) atoms. The molecule has 0 saturated carbocycles. The molecular weight excluding hydrogens is 410 g/mol. The number of halogens is 1. The normalized spacial score (nSPS) is 15.4. The number of hydrogen-bond acceptors (Lipinski definition) is 3. The number of amides is 2. The smallest absolute Gasteiger partial charge is 0.321 e. The number of methoxy groups -OCH3 is 1. The molecule has 3 aromatic carbocycles. The van der Waals surface area contributed by atoms with E-state index in [0.29, 0.717) is 13.1 Å². The Kier molecular flexibility index (Phi) is 6.75. The zero-order valence-corrected chi connectivity index (χ0v) is 18.3. The zero-order chi connectivity index (χ0) is 21.6. The van der Waals surface area contributed by atoms with Crippen LogP contribution in [0.3, 0.4) is 0 Å². The third-order valence-corrected chi connectivity index (χ3v) is 5.84. The Balaban J connectivity index is 1.45. The first-order valence-corrected chi connectivity index (χ1v) is 10.8. The van der Waals surface area contributed by atoms with Crippen LogP contribution in [0.1, 0.15) is 17.2 Å². The maximum atomic E-state index is 12.8. The summed E-state index contributed by atoms with van der Waals surface area (Å²) in [4.78, 5) is 17.0. The van der Waals surface area contributed by atoms with Crippen LogP contribution in [0.25, 0.3) is 0 Å². The third-order valence-electron chi connectivity index (χ3n) is 5.59.